The van der Waals surface area contributed by atoms with Crippen molar-refractivity contribution in [1.82, 2.24) is 0 Å². The summed E-state index contributed by atoms with van der Waals surface area (Å²) >= 11 is 0. The molecule has 0 radical (unpaired) electrons. The van der Waals surface area contributed by atoms with Gasteiger partial charge >= 0.3 is 5.97 Å². The average Bonchev–Trinajstić information content (AvgIpc) is 2.50. The molecule has 0 rings (SSSR count). The second kappa shape index (κ2) is 17.6. The Morgan fingerprint density at radius 2 is 1.55 bits per heavy atom. The van der Waals surface area contributed by atoms with Crippen LogP contribution in [0.2, 0.25) is 0 Å². The summed E-state index contributed by atoms with van der Waals surface area (Å²) in [6, 6.07) is 0. The van der Waals surface area contributed by atoms with Gasteiger partial charge in [-0.15, -0.1) is 0 Å². The van der Waals surface area contributed by atoms with Gasteiger partial charge in [-0.1, -0.05) is 81.9 Å². The number of carbonyl (C=O) groups is 1. The molecular formula is C20H32O2. The minimum absolute atomic E-state index is 0.183. The van der Waals surface area contributed by atoms with Gasteiger partial charge in [0.05, 0.1) is 0 Å². The smallest absolute Gasteiger partial charge is 0.303 e. The summed E-state index contributed by atoms with van der Waals surface area (Å²) in [5, 5.41) is 8.46. The van der Waals surface area contributed by atoms with Crippen molar-refractivity contribution in [2.75, 3.05) is 0 Å². The first-order valence-electron chi connectivity index (χ1n) is 8.80. The zero-order chi connectivity index (χ0) is 16.3. The Labute approximate surface area is 136 Å². The Hall–Kier alpha value is -1.49. The fraction of sp³-hybridized carbons (Fsp3) is 0.650. The lowest BCUT2D eigenvalue weighted by molar-refractivity contribution is -0.136. The predicted octanol–water partition coefficient (Wildman–Crippen LogP) is 6.19. The fourth-order valence-corrected chi connectivity index (χ4v) is 2.16. The van der Waals surface area contributed by atoms with E-state index in [0.717, 1.165) is 6.42 Å². The van der Waals surface area contributed by atoms with Crippen LogP contribution in [-0.2, 0) is 4.79 Å². The summed E-state index contributed by atoms with van der Waals surface area (Å²) in [6.07, 6.45) is 21.5. The van der Waals surface area contributed by atoms with Gasteiger partial charge in [0.2, 0.25) is 0 Å². The summed E-state index contributed by atoms with van der Waals surface area (Å²) in [5.74, 6) is -0.759. The molecule has 0 fully saturated rings. The molecule has 0 aliphatic heterocycles. The van der Waals surface area contributed by atoms with Gasteiger partial charge in [0.25, 0.3) is 0 Å². The van der Waals surface area contributed by atoms with Crippen LogP contribution in [0.15, 0.2) is 35.8 Å². The fourth-order valence-electron chi connectivity index (χ4n) is 2.16. The molecule has 0 saturated carbocycles. The third kappa shape index (κ3) is 18.5. The molecule has 2 heteroatoms. The molecule has 0 unspecified atom stereocenters. The first kappa shape index (κ1) is 20.5. The molecule has 0 heterocycles. The molecule has 0 aliphatic rings. The maximum absolute atomic E-state index is 10.3. The predicted molar refractivity (Wildman–Crippen MR) is 94.0 cm³/mol. The molecule has 22 heavy (non-hydrogen) atoms. The van der Waals surface area contributed by atoms with E-state index in [-0.39, 0.29) is 6.42 Å². The molecule has 0 amide bonds. The number of aliphatic carboxylic acids is 1. The van der Waals surface area contributed by atoms with Crippen molar-refractivity contribution in [2.24, 2.45) is 0 Å². The lowest BCUT2D eigenvalue weighted by Gasteiger charge is -2.00. The quantitative estimate of drug-likeness (QED) is 0.236. The number of hydrogen-bond acceptors (Lipinski definition) is 1. The lowest BCUT2D eigenvalue weighted by atomic mass is 10.1. The van der Waals surface area contributed by atoms with Crippen LogP contribution in [0.25, 0.3) is 0 Å². The normalized spacial score (nSPS) is 10.2. The Morgan fingerprint density at radius 3 is 2.18 bits per heavy atom. The summed E-state index contributed by atoms with van der Waals surface area (Å²) < 4.78 is 0. The molecule has 0 aromatic heterocycles. The van der Waals surface area contributed by atoms with Gasteiger partial charge in [0.1, 0.15) is 0 Å². The van der Waals surface area contributed by atoms with E-state index >= 15 is 0 Å². The molecule has 1 N–H and O–H groups in total. The van der Waals surface area contributed by atoms with Crippen molar-refractivity contribution in [3.8, 4) is 0 Å². The molecule has 0 aromatic carbocycles. The monoisotopic (exact) mass is 304 g/mol. The molecule has 2 nitrogen and oxygen atoms in total. The van der Waals surface area contributed by atoms with Crippen LogP contribution in [0, 0.1) is 0 Å². The zero-order valence-electron chi connectivity index (χ0n) is 14.2. The third-order valence-electron chi connectivity index (χ3n) is 3.48. The molecule has 0 aliphatic carbocycles. The molecule has 0 spiro atoms. The Balaban J connectivity index is 3.42. The topological polar surface area (TPSA) is 37.3 Å². The summed E-state index contributed by atoms with van der Waals surface area (Å²) in [4.78, 5) is 10.3. The van der Waals surface area contributed by atoms with Crippen LogP contribution in [0.4, 0.5) is 0 Å². The second-order valence-electron chi connectivity index (χ2n) is 5.64. The van der Waals surface area contributed by atoms with Gasteiger partial charge in [0, 0.05) is 6.42 Å². The van der Waals surface area contributed by atoms with Crippen LogP contribution < -0.4 is 0 Å². The van der Waals surface area contributed by atoms with E-state index in [2.05, 4.69) is 18.4 Å². The summed E-state index contributed by atoms with van der Waals surface area (Å²) in [5.41, 5.74) is 5.95. The van der Waals surface area contributed by atoms with Gasteiger partial charge in [-0.25, -0.2) is 0 Å². The number of carboxylic acid groups (broad SMARTS) is 1. The number of allylic oxidation sites excluding steroid dienone is 4. The highest BCUT2D eigenvalue weighted by Gasteiger charge is 1.91. The minimum atomic E-state index is -0.759. The third-order valence-corrected chi connectivity index (χ3v) is 3.48. The van der Waals surface area contributed by atoms with E-state index in [1.165, 1.54) is 57.8 Å². The SMILES string of the molecule is CCCCCCCCCCCC=C=C=C/C=C/CCC(=O)O. The first-order chi connectivity index (χ1) is 10.8. The highest BCUT2D eigenvalue weighted by atomic mass is 16.4. The van der Waals surface area contributed by atoms with Crippen molar-refractivity contribution < 1.29 is 9.90 Å². The van der Waals surface area contributed by atoms with E-state index in [1.54, 1.807) is 6.08 Å². The Bertz CT molecular complexity index is 381. The van der Waals surface area contributed by atoms with Crippen LogP contribution in [0.1, 0.15) is 84.0 Å². The summed E-state index contributed by atoms with van der Waals surface area (Å²) in [7, 11) is 0. The first-order valence-corrected chi connectivity index (χ1v) is 8.80. The van der Waals surface area contributed by atoms with Gasteiger partial charge in [-0.05, 0) is 31.4 Å². The van der Waals surface area contributed by atoms with Crippen LogP contribution in [0.5, 0.6) is 0 Å². The van der Waals surface area contributed by atoms with E-state index < -0.39 is 5.97 Å². The van der Waals surface area contributed by atoms with E-state index in [0.29, 0.717) is 6.42 Å². The molecule has 124 valence electrons. The van der Waals surface area contributed by atoms with Gasteiger partial charge in [0.15, 0.2) is 0 Å². The average molecular weight is 304 g/mol. The number of unbranched alkanes of at least 4 members (excludes halogenated alkanes) is 9. The minimum Gasteiger partial charge on any atom is -0.481 e. The number of hydrogen-bond donors (Lipinski definition) is 1. The van der Waals surface area contributed by atoms with Crippen molar-refractivity contribution in [3.63, 3.8) is 0 Å². The van der Waals surface area contributed by atoms with Gasteiger partial charge in [-0.2, -0.15) is 0 Å². The Kier molecular flexibility index (Phi) is 16.4. The van der Waals surface area contributed by atoms with Crippen molar-refractivity contribution in [1.29, 1.82) is 0 Å². The maximum atomic E-state index is 10.3. The van der Waals surface area contributed by atoms with Gasteiger partial charge < -0.3 is 5.11 Å². The van der Waals surface area contributed by atoms with Crippen molar-refractivity contribution in [3.05, 3.63) is 35.8 Å². The lowest BCUT2D eigenvalue weighted by Crippen LogP contribution is -1.91. The van der Waals surface area contributed by atoms with E-state index in [1.807, 2.05) is 18.2 Å². The largest absolute Gasteiger partial charge is 0.481 e. The molecule has 0 bridgehead atoms. The van der Waals surface area contributed by atoms with Gasteiger partial charge in [-0.3, -0.25) is 4.79 Å². The molecule has 0 saturated heterocycles. The van der Waals surface area contributed by atoms with Crippen LogP contribution >= 0.6 is 0 Å². The maximum Gasteiger partial charge on any atom is 0.303 e. The van der Waals surface area contributed by atoms with Crippen molar-refractivity contribution in [2.45, 2.75) is 84.0 Å². The zero-order valence-corrected chi connectivity index (χ0v) is 14.2. The Morgan fingerprint density at radius 1 is 0.909 bits per heavy atom. The highest BCUT2D eigenvalue weighted by molar-refractivity contribution is 5.66. The van der Waals surface area contributed by atoms with Crippen molar-refractivity contribution >= 4 is 5.97 Å². The molecule has 0 aromatic rings. The second-order valence-corrected chi connectivity index (χ2v) is 5.64. The van der Waals surface area contributed by atoms with E-state index in [4.69, 9.17) is 5.11 Å². The molecule has 0 atom stereocenters. The highest BCUT2D eigenvalue weighted by Crippen LogP contribution is 2.10. The molecular weight excluding hydrogens is 272 g/mol. The van der Waals surface area contributed by atoms with Crippen LogP contribution in [-0.4, -0.2) is 11.1 Å². The van der Waals surface area contributed by atoms with Crippen LogP contribution in [0.3, 0.4) is 0 Å². The van der Waals surface area contributed by atoms with E-state index in [9.17, 15) is 4.79 Å². The number of carboxylic acids is 1. The summed E-state index contributed by atoms with van der Waals surface area (Å²) in [6.45, 7) is 2.26. The standard InChI is InChI=1S/C20H32O2/c1-2-3-4-5-6-7-8-9-10-11-12-13-14-15-16-17-18-19-20(21)22/h12,15-17H,2-11,18-19H2,1H3,(H,21,22)/b15-12?,17-16+. The number of rotatable bonds is 14.